The number of amides is 1. The average Bonchev–Trinajstić information content (AvgIpc) is 3.46. The van der Waals surface area contributed by atoms with Gasteiger partial charge >= 0.3 is 6.18 Å². The van der Waals surface area contributed by atoms with Gasteiger partial charge in [0.25, 0.3) is 0 Å². The number of thiophene rings is 1. The Labute approximate surface area is 215 Å². The standard InChI is InChI=1S/C25H25ClF4N4OS/c1-5-33-12-16(23(31-33)25(28,29)30)21-15(8-6-9-17(21)27)22-20-14(2)24(26)36-18(20)13-34(22)19(35)10-7-11-32(3)4/h6-10,12,22H,5,11,13H2,1-4H3/b10-7+/t22-/m0/s1. The lowest BCUT2D eigenvalue weighted by molar-refractivity contribution is -0.141. The summed E-state index contributed by atoms with van der Waals surface area (Å²) in [4.78, 5) is 17.5. The number of nitrogens with zero attached hydrogens (tertiary/aromatic N) is 4. The van der Waals surface area contributed by atoms with Crippen LogP contribution in [0.25, 0.3) is 11.1 Å². The number of aromatic nitrogens is 2. The lowest BCUT2D eigenvalue weighted by atomic mass is 9.90. The number of alkyl halides is 3. The predicted octanol–water partition coefficient (Wildman–Crippen LogP) is 6.30. The molecule has 0 saturated carbocycles. The Kier molecular flexibility index (Phi) is 7.32. The molecule has 0 radical (unpaired) electrons. The molecule has 1 atom stereocenters. The molecular formula is C25H25ClF4N4OS. The maximum absolute atomic E-state index is 15.4. The van der Waals surface area contributed by atoms with Crippen LogP contribution in [0.2, 0.25) is 4.34 Å². The monoisotopic (exact) mass is 540 g/mol. The molecule has 0 saturated heterocycles. The molecule has 36 heavy (non-hydrogen) atoms. The summed E-state index contributed by atoms with van der Waals surface area (Å²) in [6.07, 6.45) is -0.430. The molecule has 1 amide bonds. The first kappa shape index (κ1) is 26.4. The summed E-state index contributed by atoms with van der Waals surface area (Å²) in [5.41, 5.74) is -0.0495. The van der Waals surface area contributed by atoms with Gasteiger partial charge in [0.15, 0.2) is 5.69 Å². The maximum Gasteiger partial charge on any atom is 0.435 e. The molecule has 11 heteroatoms. The molecule has 5 nitrogen and oxygen atoms in total. The number of halogens is 5. The van der Waals surface area contributed by atoms with Crippen molar-refractivity contribution in [2.45, 2.75) is 39.2 Å². The van der Waals surface area contributed by atoms with Crippen LogP contribution in [0.4, 0.5) is 17.6 Å². The number of fused-ring (bicyclic) bond motifs is 1. The van der Waals surface area contributed by atoms with Crippen molar-refractivity contribution < 1.29 is 22.4 Å². The molecule has 3 heterocycles. The number of hydrogen-bond donors (Lipinski definition) is 0. The topological polar surface area (TPSA) is 41.4 Å². The summed E-state index contributed by atoms with van der Waals surface area (Å²) in [6.45, 7) is 4.39. The number of carbonyl (C=O) groups excluding carboxylic acids is 1. The van der Waals surface area contributed by atoms with Gasteiger partial charge < -0.3 is 9.80 Å². The highest BCUT2D eigenvalue weighted by Gasteiger charge is 2.42. The fourth-order valence-electron chi connectivity index (χ4n) is 4.45. The van der Waals surface area contributed by atoms with Crippen LogP contribution in [0.1, 0.15) is 40.2 Å². The zero-order chi connectivity index (χ0) is 26.4. The quantitative estimate of drug-likeness (QED) is 0.272. The third-order valence-electron chi connectivity index (χ3n) is 6.09. The first-order chi connectivity index (χ1) is 16.9. The van der Waals surface area contributed by atoms with E-state index in [0.717, 1.165) is 26.8 Å². The molecule has 0 unspecified atom stereocenters. The van der Waals surface area contributed by atoms with E-state index in [9.17, 15) is 18.0 Å². The van der Waals surface area contributed by atoms with E-state index in [0.29, 0.717) is 10.9 Å². The smallest absolute Gasteiger partial charge is 0.323 e. The molecule has 0 N–H and O–H groups in total. The van der Waals surface area contributed by atoms with Gasteiger partial charge in [-0.3, -0.25) is 9.48 Å². The Morgan fingerprint density at radius 3 is 2.69 bits per heavy atom. The largest absolute Gasteiger partial charge is 0.435 e. The molecule has 3 aromatic rings. The fraction of sp³-hybridized carbons (Fsp3) is 0.360. The van der Waals surface area contributed by atoms with Crippen LogP contribution in [0.15, 0.2) is 36.5 Å². The first-order valence-electron chi connectivity index (χ1n) is 11.3. The van der Waals surface area contributed by atoms with Gasteiger partial charge in [0.2, 0.25) is 5.91 Å². The van der Waals surface area contributed by atoms with Gasteiger partial charge in [0, 0.05) is 41.4 Å². The van der Waals surface area contributed by atoms with Crippen LogP contribution in [-0.2, 0) is 24.1 Å². The van der Waals surface area contributed by atoms with Gasteiger partial charge in [-0.05, 0) is 50.7 Å². The van der Waals surface area contributed by atoms with Gasteiger partial charge in [-0.15, -0.1) is 11.3 Å². The molecule has 192 valence electrons. The molecule has 1 aromatic carbocycles. The molecule has 0 aliphatic carbocycles. The average molecular weight is 541 g/mol. The van der Waals surface area contributed by atoms with Crippen molar-refractivity contribution in [1.82, 2.24) is 19.6 Å². The summed E-state index contributed by atoms with van der Waals surface area (Å²) in [6, 6.07) is 3.32. The summed E-state index contributed by atoms with van der Waals surface area (Å²) in [5.74, 6) is -1.15. The van der Waals surface area contributed by atoms with Crippen molar-refractivity contribution >= 4 is 28.8 Å². The number of carbonyl (C=O) groups is 1. The highest BCUT2D eigenvalue weighted by Crippen LogP contribution is 2.50. The zero-order valence-corrected chi connectivity index (χ0v) is 21.7. The minimum Gasteiger partial charge on any atom is -0.323 e. The third kappa shape index (κ3) is 4.81. The van der Waals surface area contributed by atoms with Crippen LogP contribution < -0.4 is 0 Å². The van der Waals surface area contributed by atoms with Crippen molar-refractivity contribution in [3.05, 3.63) is 74.0 Å². The van der Waals surface area contributed by atoms with Crippen molar-refractivity contribution in [2.75, 3.05) is 20.6 Å². The van der Waals surface area contributed by atoms with Gasteiger partial charge in [-0.2, -0.15) is 18.3 Å². The van der Waals surface area contributed by atoms with Crippen molar-refractivity contribution in [1.29, 1.82) is 0 Å². The Balaban J connectivity index is 1.93. The molecule has 0 fully saturated rings. The van der Waals surface area contributed by atoms with Crippen LogP contribution in [-0.4, -0.2) is 46.1 Å². The Hall–Kier alpha value is -2.69. The van der Waals surface area contributed by atoms with E-state index in [1.807, 2.05) is 19.0 Å². The third-order valence-corrected chi connectivity index (χ3v) is 7.68. The van der Waals surface area contributed by atoms with Crippen LogP contribution in [0, 0.1) is 12.7 Å². The van der Waals surface area contributed by atoms with E-state index in [1.54, 1.807) is 30.9 Å². The molecule has 0 bridgehead atoms. The van der Waals surface area contributed by atoms with Gasteiger partial charge in [-0.1, -0.05) is 29.8 Å². The molecule has 1 aliphatic rings. The van der Waals surface area contributed by atoms with Crippen LogP contribution in [0.5, 0.6) is 0 Å². The van der Waals surface area contributed by atoms with Gasteiger partial charge in [0.05, 0.1) is 16.9 Å². The first-order valence-corrected chi connectivity index (χ1v) is 12.5. The summed E-state index contributed by atoms with van der Waals surface area (Å²) >= 11 is 7.72. The van der Waals surface area contributed by atoms with Crippen molar-refractivity contribution in [2.24, 2.45) is 0 Å². The van der Waals surface area contributed by atoms with Gasteiger partial charge in [-0.25, -0.2) is 4.39 Å². The summed E-state index contributed by atoms with van der Waals surface area (Å²) in [7, 11) is 3.73. The highest BCUT2D eigenvalue weighted by molar-refractivity contribution is 7.16. The van der Waals surface area contributed by atoms with Crippen LogP contribution in [0.3, 0.4) is 0 Å². The molecule has 0 spiro atoms. The number of aryl methyl sites for hydroxylation is 1. The maximum atomic E-state index is 15.4. The number of hydrogen-bond acceptors (Lipinski definition) is 4. The molecule has 2 aromatic heterocycles. The molecule has 1 aliphatic heterocycles. The second-order valence-corrected chi connectivity index (χ2v) is 10.5. The molecular weight excluding hydrogens is 516 g/mol. The minimum atomic E-state index is -4.79. The van der Waals surface area contributed by atoms with E-state index in [-0.39, 0.29) is 35.7 Å². The van der Waals surface area contributed by atoms with E-state index in [2.05, 4.69) is 5.10 Å². The van der Waals surface area contributed by atoms with Gasteiger partial charge in [0.1, 0.15) is 5.82 Å². The van der Waals surface area contributed by atoms with E-state index < -0.39 is 23.7 Å². The Morgan fingerprint density at radius 1 is 1.33 bits per heavy atom. The second kappa shape index (κ2) is 9.99. The minimum absolute atomic E-state index is 0.182. The summed E-state index contributed by atoms with van der Waals surface area (Å²) in [5, 5.41) is 3.67. The van der Waals surface area contributed by atoms with E-state index in [1.165, 1.54) is 29.7 Å². The number of rotatable bonds is 6. The Bertz CT molecular complexity index is 1330. The Morgan fingerprint density at radius 2 is 2.06 bits per heavy atom. The normalized spacial score (nSPS) is 15.9. The lowest BCUT2D eigenvalue weighted by Gasteiger charge is -2.27. The van der Waals surface area contributed by atoms with E-state index in [4.69, 9.17) is 11.6 Å². The number of benzene rings is 1. The zero-order valence-electron chi connectivity index (χ0n) is 20.2. The van der Waals surface area contributed by atoms with Crippen molar-refractivity contribution in [3.8, 4) is 11.1 Å². The predicted molar refractivity (Wildman–Crippen MR) is 132 cm³/mol. The highest BCUT2D eigenvalue weighted by atomic mass is 35.5. The molecule has 4 rings (SSSR count). The van der Waals surface area contributed by atoms with Crippen LogP contribution >= 0.6 is 22.9 Å². The number of likely N-dealkylation sites (N-methyl/N-ethyl adjacent to an activating group) is 1. The second-order valence-electron chi connectivity index (χ2n) is 8.82. The fourth-order valence-corrected chi connectivity index (χ4v) is 5.89. The lowest BCUT2D eigenvalue weighted by Crippen LogP contribution is -2.30. The SMILES string of the molecule is CCn1cc(-c2c(F)cccc2[C@H]2c3c(sc(Cl)c3C)CN2C(=O)/C=C/CN(C)C)c(C(F)(F)F)n1. The summed E-state index contributed by atoms with van der Waals surface area (Å²) < 4.78 is 58.9. The van der Waals surface area contributed by atoms with E-state index >= 15 is 4.39 Å². The van der Waals surface area contributed by atoms with Crippen molar-refractivity contribution in [3.63, 3.8) is 0 Å².